The van der Waals surface area contributed by atoms with Gasteiger partial charge in [0.2, 0.25) is 70.9 Å². The first-order valence-corrected chi connectivity index (χ1v) is 39.6. The number of nitrogens with zero attached hydrogens (tertiary/aromatic N) is 9. The van der Waals surface area contributed by atoms with Crippen LogP contribution in [0, 0.1) is 40.9 Å². The number of likely N-dealkylation sites (tertiary alicyclic amines) is 1. The van der Waals surface area contributed by atoms with E-state index < -0.39 is 235 Å². The molecule has 0 aromatic heterocycles. The summed E-state index contributed by atoms with van der Waals surface area (Å²) in [6, 6.07) is -11.3. The van der Waals surface area contributed by atoms with Gasteiger partial charge in [0, 0.05) is 81.5 Å². The number of hydrogen-bond donors (Lipinski definition) is 3. The molecule has 4 saturated carbocycles. The minimum absolute atomic E-state index is 0.00447. The first kappa shape index (κ1) is 88.3. The van der Waals surface area contributed by atoms with Crippen LogP contribution < -0.4 is 16.0 Å². The molecular weight excluding hydrogens is 1450 g/mol. The molecule has 12 atom stereocenters. The van der Waals surface area contributed by atoms with E-state index in [0.29, 0.717) is 58.0 Å². The molecule has 8 rings (SSSR count). The summed E-state index contributed by atoms with van der Waals surface area (Å²) in [7, 11) is 8.07. The van der Waals surface area contributed by atoms with Crippen molar-refractivity contribution in [1.82, 2.24) is 60.0 Å². The fourth-order valence-electron chi connectivity index (χ4n) is 18.6. The molecule has 620 valence electrons. The lowest BCUT2D eigenvalue weighted by Crippen LogP contribution is -2.71. The van der Waals surface area contributed by atoms with Gasteiger partial charge in [-0.15, -0.1) is 0 Å². The number of nitrogens with one attached hydrogen (secondary N) is 3. The second-order valence-corrected chi connectivity index (χ2v) is 33.4. The lowest BCUT2D eigenvalue weighted by molar-refractivity contribution is -0.219. The van der Waals surface area contributed by atoms with Crippen LogP contribution in [0.4, 0.5) is 35.1 Å². The number of rotatable bonds is 12. The number of carbonyl (C=O) groups is 12. The van der Waals surface area contributed by atoms with E-state index >= 15 is 37.5 Å². The van der Waals surface area contributed by atoms with Gasteiger partial charge in [0.05, 0.1) is 31.5 Å². The Labute approximate surface area is 641 Å². The highest BCUT2D eigenvalue weighted by Crippen LogP contribution is 2.50. The molecule has 25 nitrogen and oxygen atoms in total. The molecule has 0 aromatic carbocycles. The van der Waals surface area contributed by atoms with E-state index in [1.165, 1.54) is 57.0 Å². The molecule has 4 aliphatic carbocycles. The monoisotopic (exact) mass is 1570 g/mol. The molecule has 8 aliphatic rings. The van der Waals surface area contributed by atoms with Crippen LogP contribution in [0.1, 0.15) is 189 Å². The summed E-state index contributed by atoms with van der Waals surface area (Å²) < 4.78 is 122. The van der Waals surface area contributed by atoms with Crippen molar-refractivity contribution in [3.05, 3.63) is 12.2 Å². The first-order chi connectivity index (χ1) is 51.6. The van der Waals surface area contributed by atoms with E-state index in [0.717, 1.165) is 24.5 Å². The Kier molecular flexibility index (Phi) is 29.8. The van der Waals surface area contributed by atoms with Gasteiger partial charge in [0.1, 0.15) is 72.1 Å². The number of ether oxygens (including phenoxy) is 1. The molecule has 3 N–H and O–H groups in total. The van der Waals surface area contributed by atoms with Crippen LogP contribution in [-0.4, -0.2) is 288 Å². The number of fused-ring (bicyclic) bond motifs is 3. The summed E-state index contributed by atoms with van der Waals surface area (Å²) in [6.45, 7) is 9.28. The van der Waals surface area contributed by atoms with Crippen molar-refractivity contribution in [2.75, 3.05) is 88.2 Å². The Morgan fingerprint density at radius 2 is 1.24 bits per heavy atom. The SMILES string of the molecule is CCO[C@@H]1C[C@H]2C(=O)NC3(CC(C)(C)C3)C(=O)N(C)[C@@H](C3CCCC3)C(=O)N(C)[C@H](C(=O)N3CCCC3)CC(=O)N(C)[C@@H](CC)C(=O)N[C@@H]([C@@H](C)CC)C(=O)N(C)CC(=O)N(C)[C@H]3C/C=C\CCN(C3=O)[C@@H](CC3CCC(C(F)(F)F)CC3)C(=O)N(C)CC(=O)N[C@@H](CCC3CC(F)C(C(F)(F)F)C(F)C3)C(=O)N2C1. The van der Waals surface area contributed by atoms with E-state index in [-0.39, 0.29) is 96.7 Å². The number of likely N-dealkylation sites (N-methyl/N-ethyl adjacent to an activating group) is 6. The molecule has 2 unspecified atom stereocenters. The molecule has 7 fully saturated rings. The molecule has 4 heterocycles. The predicted molar refractivity (Wildman–Crippen MR) is 388 cm³/mol. The summed E-state index contributed by atoms with van der Waals surface area (Å²) in [6.07, 6.45) is -12.4. The Balaban J connectivity index is 1.21. The third kappa shape index (κ3) is 20.8. The zero-order chi connectivity index (χ0) is 81.4. The molecular formula is C77H118F8N12O13. The fourth-order valence-corrected chi connectivity index (χ4v) is 18.6. The first-order valence-electron chi connectivity index (χ1n) is 39.6. The minimum atomic E-state index is -5.22. The topological polar surface area (TPSA) is 279 Å². The highest BCUT2D eigenvalue weighted by atomic mass is 19.4. The van der Waals surface area contributed by atoms with Crippen molar-refractivity contribution in [3.63, 3.8) is 0 Å². The van der Waals surface area contributed by atoms with Crippen LogP contribution in [0.25, 0.3) is 0 Å². The van der Waals surface area contributed by atoms with Gasteiger partial charge in [0.25, 0.3) is 0 Å². The van der Waals surface area contributed by atoms with Crippen molar-refractivity contribution in [2.24, 2.45) is 40.9 Å². The van der Waals surface area contributed by atoms with Crippen molar-refractivity contribution in [1.29, 1.82) is 0 Å². The summed E-state index contributed by atoms with van der Waals surface area (Å²) in [5, 5.41) is 8.47. The van der Waals surface area contributed by atoms with Gasteiger partial charge in [0.15, 0.2) is 0 Å². The van der Waals surface area contributed by atoms with Gasteiger partial charge in [-0.2, -0.15) is 26.3 Å². The van der Waals surface area contributed by atoms with Crippen LogP contribution in [0.15, 0.2) is 12.2 Å². The maximum atomic E-state index is 15.8. The largest absolute Gasteiger partial charge is 0.397 e. The standard InChI is InChI=1S/C77H118F8N12O13/c1-13-45(4)63-71(107)90(8)42-61(100)92(10)55-25-17-16-20-34-96(70(55)106)58(37-46-26-29-49(30-27-46)76(80,81)82)68(104)89(7)41-59(98)86-53(31-28-47-35-51(78)62(52(79)36-47)77(83,84)85)67(103)97-40-50(110-15-3)38-56(97)66(102)88-75(43-74(5,6)44-75)73(109)94(12)64(48-23-18-19-24-48)72(108)93(11)57(69(105)95-32-21-22-33-95)39-60(99)91(9)54(14-2)65(101)87-63/h16-17,45-58,62-64H,13-15,18-44H2,1-12H3,(H,86,98)(H,87,101)(H,88,102)/b17-16-/t45-,46?,47?,49?,50+,51?,52?,53-,54-,55-,56-,57-,58-,62?,63-,64-/m0/s1. The van der Waals surface area contributed by atoms with Gasteiger partial charge in [-0.1, -0.05) is 66.0 Å². The maximum Gasteiger partial charge on any atom is 0.397 e. The zero-order valence-corrected chi connectivity index (χ0v) is 66.0. The number of halogens is 8. The highest BCUT2D eigenvalue weighted by Gasteiger charge is 2.60. The number of carbonyl (C=O) groups excluding carboxylic acids is 12. The number of amides is 12. The quantitative estimate of drug-likeness (QED) is 0.133. The van der Waals surface area contributed by atoms with Crippen LogP contribution in [0.3, 0.4) is 0 Å². The van der Waals surface area contributed by atoms with E-state index in [2.05, 4.69) is 16.0 Å². The number of alkyl halides is 8. The molecule has 0 radical (unpaired) electrons. The van der Waals surface area contributed by atoms with Crippen molar-refractivity contribution in [3.8, 4) is 0 Å². The molecule has 2 bridgehead atoms. The zero-order valence-electron chi connectivity index (χ0n) is 66.0. The number of hydrogen-bond acceptors (Lipinski definition) is 13. The smallest absolute Gasteiger partial charge is 0.377 e. The molecule has 3 saturated heterocycles. The second kappa shape index (κ2) is 37.2. The van der Waals surface area contributed by atoms with Gasteiger partial charge in [-0.05, 0) is 152 Å². The van der Waals surface area contributed by atoms with Gasteiger partial charge in [-0.3, -0.25) is 57.5 Å². The van der Waals surface area contributed by atoms with Crippen LogP contribution in [0.2, 0.25) is 0 Å². The fraction of sp³-hybridized carbons (Fsp3) is 0.818. The van der Waals surface area contributed by atoms with E-state index in [9.17, 15) is 55.1 Å². The molecule has 33 heteroatoms. The van der Waals surface area contributed by atoms with E-state index in [1.807, 2.05) is 13.8 Å². The van der Waals surface area contributed by atoms with Crippen molar-refractivity contribution < 1.29 is 97.4 Å². The summed E-state index contributed by atoms with van der Waals surface area (Å²) >= 11 is 0. The highest BCUT2D eigenvalue weighted by molar-refractivity contribution is 6.01. The van der Waals surface area contributed by atoms with E-state index in [1.54, 1.807) is 44.7 Å². The van der Waals surface area contributed by atoms with Crippen LogP contribution in [0.5, 0.6) is 0 Å². The average Bonchev–Trinajstić information content (AvgIpc) is 1.05. The Bertz CT molecular complexity index is 3330. The predicted octanol–water partition coefficient (Wildman–Crippen LogP) is 6.89. The van der Waals surface area contributed by atoms with Gasteiger partial charge >= 0.3 is 12.4 Å². The molecule has 0 aromatic rings. The third-order valence-corrected chi connectivity index (χ3v) is 24.9. The molecule has 1 spiro atoms. The lowest BCUT2D eigenvalue weighted by Gasteiger charge is -2.54. The lowest BCUT2D eigenvalue weighted by atomic mass is 9.58. The van der Waals surface area contributed by atoms with Crippen molar-refractivity contribution >= 4 is 70.9 Å². The van der Waals surface area contributed by atoms with Crippen LogP contribution >= 0.6 is 0 Å². The van der Waals surface area contributed by atoms with E-state index in [4.69, 9.17) is 4.74 Å². The summed E-state index contributed by atoms with van der Waals surface area (Å²) in [4.78, 5) is 193. The Morgan fingerprint density at radius 1 is 0.618 bits per heavy atom. The third-order valence-electron chi connectivity index (χ3n) is 24.9. The van der Waals surface area contributed by atoms with Gasteiger partial charge < -0.3 is 64.8 Å². The normalized spacial score (nSPS) is 32.8. The summed E-state index contributed by atoms with van der Waals surface area (Å²) in [5.41, 5.74) is -2.36. The van der Waals surface area contributed by atoms with Crippen molar-refractivity contribution in [2.45, 2.75) is 274 Å². The summed E-state index contributed by atoms with van der Waals surface area (Å²) in [5.74, 6) is -16.6. The maximum absolute atomic E-state index is 15.8. The minimum Gasteiger partial charge on any atom is -0.377 e. The molecule has 110 heavy (non-hydrogen) atoms. The average molecular weight is 1570 g/mol. The Hall–Kier alpha value is -7.22. The molecule has 12 amide bonds. The molecule has 4 aliphatic heterocycles. The second-order valence-electron chi connectivity index (χ2n) is 33.4. The Morgan fingerprint density at radius 3 is 1.81 bits per heavy atom. The van der Waals surface area contributed by atoms with Gasteiger partial charge in [-0.25, -0.2) is 8.78 Å². The van der Waals surface area contributed by atoms with Crippen LogP contribution in [-0.2, 0) is 62.3 Å².